The maximum absolute atomic E-state index is 12.9. The fraction of sp³-hybridized carbons (Fsp3) is 0.981. The summed E-state index contributed by atoms with van der Waals surface area (Å²) < 4.78 is 11.2. The van der Waals surface area contributed by atoms with Crippen molar-refractivity contribution in [3.8, 4) is 0 Å². The Balaban J connectivity index is 2.02. The molecule has 364 valence electrons. The molecule has 0 aromatic carbocycles. The predicted octanol–water partition coefficient (Wildman–Crippen LogP) is 12.3. The molecular weight excluding hydrogens is 767 g/mol. The normalized spacial score (nSPS) is 20.3. The van der Waals surface area contributed by atoms with Crippen molar-refractivity contribution in [2.45, 2.75) is 314 Å². The molecule has 61 heavy (non-hydrogen) atoms. The fourth-order valence-corrected chi connectivity index (χ4v) is 8.93. The fourth-order valence-electron chi connectivity index (χ4n) is 8.93. The summed E-state index contributed by atoms with van der Waals surface area (Å²) in [5.41, 5.74) is 0. The molecule has 0 aromatic rings. The van der Waals surface area contributed by atoms with Gasteiger partial charge >= 0.3 is 0 Å². The lowest BCUT2D eigenvalue weighted by Crippen LogP contribution is -2.60. The summed E-state index contributed by atoms with van der Waals surface area (Å²) in [7, 11) is 0. The molecule has 7 unspecified atom stereocenters. The van der Waals surface area contributed by atoms with Crippen LogP contribution in [-0.4, -0.2) is 87.5 Å². The van der Waals surface area contributed by atoms with E-state index in [1.807, 2.05) is 0 Å². The number of hydrogen-bond donors (Lipinski definition) is 6. The van der Waals surface area contributed by atoms with Gasteiger partial charge in [-0.3, -0.25) is 4.79 Å². The van der Waals surface area contributed by atoms with E-state index in [2.05, 4.69) is 19.2 Å². The molecule has 0 spiro atoms. The van der Waals surface area contributed by atoms with E-state index in [0.717, 1.165) is 38.5 Å². The van der Waals surface area contributed by atoms with E-state index in [-0.39, 0.29) is 12.5 Å². The van der Waals surface area contributed by atoms with Crippen LogP contribution in [0.4, 0.5) is 0 Å². The van der Waals surface area contributed by atoms with Gasteiger partial charge in [0.05, 0.1) is 25.4 Å². The molecule has 1 amide bonds. The molecule has 0 aromatic heterocycles. The maximum Gasteiger partial charge on any atom is 0.220 e. The lowest BCUT2D eigenvalue weighted by molar-refractivity contribution is -0.302. The first-order chi connectivity index (χ1) is 29.8. The van der Waals surface area contributed by atoms with Gasteiger partial charge < -0.3 is 40.3 Å². The standard InChI is InChI=1S/C52H103NO8/c1-3-5-7-9-11-12-13-14-15-16-17-18-19-20-21-22-23-24-25-26-27-28-29-30-31-32-33-34-36-38-40-42-48(56)53-45(46(55)41-39-37-35-10-8-6-4-2)44-60-52-51(59)50(58)49(57)47(43-54)61-52/h45-47,49-52,54-55,57-59H,3-44H2,1-2H3,(H,53,56). The van der Waals surface area contributed by atoms with Crippen molar-refractivity contribution >= 4 is 5.91 Å². The Labute approximate surface area is 376 Å². The average molecular weight is 870 g/mol. The van der Waals surface area contributed by atoms with Gasteiger partial charge in [0.2, 0.25) is 5.91 Å². The van der Waals surface area contributed by atoms with Gasteiger partial charge in [0.25, 0.3) is 0 Å². The second-order valence-electron chi connectivity index (χ2n) is 19.0. The Morgan fingerprint density at radius 2 is 0.820 bits per heavy atom. The van der Waals surface area contributed by atoms with Gasteiger partial charge in [-0.05, 0) is 12.8 Å². The molecule has 6 N–H and O–H groups in total. The van der Waals surface area contributed by atoms with Crippen molar-refractivity contribution in [3.05, 3.63) is 0 Å². The Morgan fingerprint density at radius 3 is 1.16 bits per heavy atom. The maximum atomic E-state index is 12.9. The van der Waals surface area contributed by atoms with Crippen LogP contribution in [0.2, 0.25) is 0 Å². The minimum Gasteiger partial charge on any atom is -0.394 e. The Hall–Kier alpha value is -0.810. The molecule has 1 saturated heterocycles. The van der Waals surface area contributed by atoms with Gasteiger partial charge in [0.15, 0.2) is 6.29 Å². The molecule has 0 aliphatic carbocycles. The van der Waals surface area contributed by atoms with Crippen LogP contribution < -0.4 is 5.32 Å². The van der Waals surface area contributed by atoms with E-state index in [9.17, 15) is 30.3 Å². The lowest BCUT2D eigenvalue weighted by Gasteiger charge is -2.40. The highest BCUT2D eigenvalue weighted by Crippen LogP contribution is 2.23. The SMILES string of the molecule is CCCCCCCCCCCCCCCCCCCCCCCCCCCCCCCCCC(=O)NC(COC1OC(CO)C(O)C(O)C1O)C(O)CCCCCCCCC. The molecule has 1 heterocycles. The van der Waals surface area contributed by atoms with E-state index >= 15 is 0 Å². The summed E-state index contributed by atoms with van der Waals surface area (Å²) in [4.78, 5) is 12.9. The summed E-state index contributed by atoms with van der Waals surface area (Å²) in [5.74, 6) is -0.142. The zero-order chi connectivity index (χ0) is 44.4. The molecule has 9 nitrogen and oxygen atoms in total. The van der Waals surface area contributed by atoms with Crippen molar-refractivity contribution in [2.24, 2.45) is 0 Å². The molecule has 9 heteroatoms. The summed E-state index contributed by atoms with van der Waals surface area (Å²) in [6, 6.07) is -0.710. The molecule has 7 atom stereocenters. The van der Waals surface area contributed by atoms with Crippen molar-refractivity contribution in [1.29, 1.82) is 0 Å². The van der Waals surface area contributed by atoms with Crippen molar-refractivity contribution in [2.75, 3.05) is 13.2 Å². The van der Waals surface area contributed by atoms with Crippen LogP contribution in [0.5, 0.6) is 0 Å². The number of hydrogen-bond acceptors (Lipinski definition) is 8. The number of amides is 1. The largest absolute Gasteiger partial charge is 0.394 e. The highest BCUT2D eigenvalue weighted by Gasteiger charge is 2.44. The zero-order valence-electron chi connectivity index (χ0n) is 40.2. The van der Waals surface area contributed by atoms with Crippen molar-refractivity contribution in [1.82, 2.24) is 5.32 Å². The first kappa shape index (κ1) is 58.2. The predicted molar refractivity (Wildman–Crippen MR) is 254 cm³/mol. The third-order valence-corrected chi connectivity index (χ3v) is 13.2. The summed E-state index contributed by atoms with van der Waals surface area (Å²) >= 11 is 0. The molecular formula is C52H103NO8. The number of rotatable bonds is 46. The quantitative estimate of drug-likeness (QED) is 0.0331. The number of ether oxygens (including phenoxy) is 2. The van der Waals surface area contributed by atoms with Gasteiger partial charge in [-0.15, -0.1) is 0 Å². The number of carbonyl (C=O) groups is 1. The number of aliphatic hydroxyl groups is 5. The number of unbranched alkanes of at least 4 members (excludes halogenated alkanes) is 36. The summed E-state index contributed by atoms with van der Waals surface area (Å²) in [6.07, 6.45) is 43.2. The van der Waals surface area contributed by atoms with E-state index in [1.165, 1.54) is 205 Å². The Bertz CT molecular complexity index is 924. The van der Waals surface area contributed by atoms with Gasteiger partial charge in [-0.25, -0.2) is 0 Å². The molecule has 1 rings (SSSR count). The van der Waals surface area contributed by atoms with E-state index < -0.39 is 49.5 Å². The summed E-state index contributed by atoms with van der Waals surface area (Å²) in [5, 5.41) is 54.1. The number of aliphatic hydroxyl groups excluding tert-OH is 5. The van der Waals surface area contributed by atoms with E-state index in [1.54, 1.807) is 0 Å². The Morgan fingerprint density at radius 1 is 0.492 bits per heavy atom. The van der Waals surface area contributed by atoms with E-state index in [4.69, 9.17) is 9.47 Å². The Kier molecular flexibility index (Phi) is 41.1. The van der Waals surface area contributed by atoms with Crippen LogP contribution in [0, 0.1) is 0 Å². The van der Waals surface area contributed by atoms with Gasteiger partial charge in [-0.1, -0.05) is 251 Å². The van der Waals surface area contributed by atoms with Gasteiger partial charge in [0.1, 0.15) is 24.4 Å². The van der Waals surface area contributed by atoms with Gasteiger partial charge in [-0.2, -0.15) is 0 Å². The summed E-state index contributed by atoms with van der Waals surface area (Å²) in [6.45, 7) is 3.81. The second-order valence-corrected chi connectivity index (χ2v) is 19.0. The highest BCUT2D eigenvalue weighted by molar-refractivity contribution is 5.76. The van der Waals surface area contributed by atoms with Crippen LogP contribution in [0.15, 0.2) is 0 Å². The molecule has 1 fully saturated rings. The van der Waals surface area contributed by atoms with E-state index in [0.29, 0.717) is 12.8 Å². The topological polar surface area (TPSA) is 149 Å². The lowest BCUT2D eigenvalue weighted by atomic mass is 9.99. The van der Waals surface area contributed by atoms with Crippen LogP contribution in [0.25, 0.3) is 0 Å². The number of carbonyl (C=O) groups excluding carboxylic acids is 1. The van der Waals surface area contributed by atoms with Crippen LogP contribution >= 0.6 is 0 Å². The molecule has 1 aliphatic heterocycles. The van der Waals surface area contributed by atoms with Crippen molar-refractivity contribution in [3.63, 3.8) is 0 Å². The third-order valence-electron chi connectivity index (χ3n) is 13.2. The molecule has 0 radical (unpaired) electrons. The second kappa shape index (κ2) is 43.1. The zero-order valence-corrected chi connectivity index (χ0v) is 40.2. The first-order valence-electron chi connectivity index (χ1n) is 26.7. The van der Waals surface area contributed by atoms with Crippen LogP contribution in [0.1, 0.15) is 271 Å². The average Bonchev–Trinajstić information content (AvgIpc) is 3.26. The van der Waals surface area contributed by atoms with Crippen LogP contribution in [-0.2, 0) is 14.3 Å². The first-order valence-corrected chi connectivity index (χ1v) is 26.7. The number of nitrogens with one attached hydrogen (secondary N) is 1. The monoisotopic (exact) mass is 870 g/mol. The third kappa shape index (κ3) is 33.3. The molecule has 0 saturated carbocycles. The van der Waals surface area contributed by atoms with Crippen molar-refractivity contribution < 1.29 is 39.8 Å². The van der Waals surface area contributed by atoms with Gasteiger partial charge in [0, 0.05) is 6.42 Å². The minimum atomic E-state index is -1.55. The van der Waals surface area contributed by atoms with Crippen LogP contribution in [0.3, 0.4) is 0 Å². The highest BCUT2D eigenvalue weighted by atomic mass is 16.7. The smallest absolute Gasteiger partial charge is 0.220 e. The minimum absolute atomic E-state index is 0.133. The molecule has 0 bridgehead atoms. The molecule has 1 aliphatic rings.